The first kappa shape index (κ1) is 23.9. The zero-order valence-electron chi connectivity index (χ0n) is 17.3. The van der Waals surface area contributed by atoms with Crippen molar-refractivity contribution in [3.63, 3.8) is 0 Å². The molecule has 1 unspecified atom stereocenters. The number of esters is 1. The molecule has 0 fully saturated rings. The molecule has 0 saturated carbocycles. The van der Waals surface area contributed by atoms with E-state index in [-0.39, 0.29) is 39.6 Å². The van der Waals surface area contributed by atoms with Crippen molar-refractivity contribution in [1.82, 2.24) is 0 Å². The Balaban J connectivity index is 2.85. The Labute approximate surface area is 170 Å². The van der Waals surface area contributed by atoms with Gasteiger partial charge >= 0.3 is 18.0 Å². The van der Waals surface area contributed by atoms with Gasteiger partial charge in [-0.05, 0) is 38.2 Å². The number of carbonyl (C=O) groups excluding carboxylic acids is 2. The number of amides is 1. The topological polar surface area (TPSA) is 102 Å². The first-order chi connectivity index (χ1) is 13.2. The summed E-state index contributed by atoms with van der Waals surface area (Å²) in [5.74, 6) is -1.64. The lowest BCUT2D eigenvalue weighted by Gasteiger charge is -2.12. The van der Waals surface area contributed by atoms with Crippen LogP contribution in [0.15, 0.2) is 0 Å². The monoisotopic (exact) mass is 413 g/mol. The van der Waals surface area contributed by atoms with Crippen LogP contribution in [0, 0.1) is 12.8 Å². The molecule has 0 saturated heterocycles. The molecular formula is C20H31NO6S. The standard InChI is InChI=1S/C20H31NO6S/c1-6-7-8-9-10-13(4)27-19(24)16-14(5)15(18(22)23)17(28-16)21-20(25)26-11-12(2)3/h12-13H,6-11H2,1-5H3,(H,21,25)(H,22,23). The second kappa shape index (κ2) is 11.7. The van der Waals surface area contributed by atoms with Crippen LogP contribution in [0.3, 0.4) is 0 Å². The summed E-state index contributed by atoms with van der Waals surface area (Å²) in [7, 11) is 0. The largest absolute Gasteiger partial charge is 0.478 e. The van der Waals surface area contributed by atoms with Crippen LogP contribution in [-0.4, -0.2) is 35.8 Å². The van der Waals surface area contributed by atoms with Crippen LogP contribution < -0.4 is 5.32 Å². The van der Waals surface area contributed by atoms with Crippen molar-refractivity contribution >= 4 is 34.4 Å². The fourth-order valence-corrected chi connectivity index (χ4v) is 3.65. The number of carboxylic acid groups (broad SMARTS) is 1. The molecule has 0 aliphatic heterocycles. The van der Waals surface area contributed by atoms with Gasteiger partial charge in [-0.15, -0.1) is 11.3 Å². The predicted molar refractivity (Wildman–Crippen MR) is 109 cm³/mol. The van der Waals surface area contributed by atoms with Crippen molar-refractivity contribution in [2.45, 2.75) is 72.8 Å². The third-order valence-electron chi connectivity index (χ3n) is 4.08. The number of nitrogens with one attached hydrogen (secondary N) is 1. The van der Waals surface area contributed by atoms with Crippen LogP contribution in [0.2, 0.25) is 0 Å². The third kappa shape index (κ3) is 7.50. The van der Waals surface area contributed by atoms with E-state index in [4.69, 9.17) is 9.47 Å². The van der Waals surface area contributed by atoms with E-state index in [0.717, 1.165) is 43.4 Å². The summed E-state index contributed by atoms with van der Waals surface area (Å²) in [6.45, 7) is 9.49. The molecule has 1 heterocycles. The molecular weight excluding hydrogens is 382 g/mol. The van der Waals surface area contributed by atoms with E-state index in [9.17, 15) is 19.5 Å². The molecule has 0 aromatic carbocycles. The van der Waals surface area contributed by atoms with E-state index >= 15 is 0 Å². The van der Waals surface area contributed by atoms with E-state index in [1.807, 2.05) is 20.8 Å². The first-order valence-corrected chi connectivity index (χ1v) is 10.5. The molecule has 7 nitrogen and oxygen atoms in total. The van der Waals surface area contributed by atoms with Gasteiger partial charge in [-0.2, -0.15) is 0 Å². The molecule has 28 heavy (non-hydrogen) atoms. The number of carbonyl (C=O) groups is 3. The minimum Gasteiger partial charge on any atom is -0.478 e. The molecule has 0 bridgehead atoms. The lowest BCUT2D eigenvalue weighted by Crippen LogP contribution is -2.17. The Morgan fingerprint density at radius 3 is 2.39 bits per heavy atom. The minimum atomic E-state index is -1.22. The molecule has 0 radical (unpaired) electrons. The third-order valence-corrected chi connectivity index (χ3v) is 5.27. The lowest BCUT2D eigenvalue weighted by molar-refractivity contribution is 0.0324. The van der Waals surface area contributed by atoms with Crippen molar-refractivity contribution in [1.29, 1.82) is 0 Å². The van der Waals surface area contributed by atoms with Gasteiger partial charge in [0.1, 0.15) is 9.88 Å². The zero-order valence-corrected chi connectivity index (χ0v) is 18.1. The van der Waals surface area contributed by atoms with Crippen LogP contribution in [-0.2, 0) is 9.47 Å². The Bertz CT molecular complexity index is 682. The van der Waals surface area contributed by atoms with Crippen molar-refractivity contribution in [2.75, 3.05) is 11.9 Å². The molecule has 1 aromatic rings. The van der Waals surface area contributed by atoms with E-state index in [1.54, 1.807) is 0 Å². The molecule has 2 N–H and O–H groups in total. The molecule has 0 aliphatic rings. The van der Waals surface area contributed by atoms with Gasteiger partial charge in [-0.25, -0.2) is 14.4 Å². The Kier molecular flexibility index (Phi) is 9.99. The highest BCUT2D eigenvalue weighted by molar-refractivity contribution is 7.18. The molecule has 1 atom stereocenters. The van der Waals surface area contributed by atoms with Crippen LogP contribution in [0.4, 0.5) is 9.80 Å². The van der Waals surface area contributed by atoms with Crippen LogP contribution in [0.5, 0.6) is 0 Å². The SMILES string of the molecule is CCCCCCC(C)OC(=O)c1sc(NC(=O)OCC(C)C)c(C(=O)O)c1C. The number of anilines is 1. The van der Waals surface area contributed by atoms with Crippen molar-refractivity contribution in [3.8, 4) is 0 Å². The number of ether oxygens (including phenoxy) is 2. The molecule has 8 heteroatoms. The summed E-state index contributed by atoms with van der Waals surface area (Å²) < 4.78 is 10.5. The number of hydrogen-bond acceptors (Lipinski definition) is 6. The average molecular weight is 414 g/mol. The number of unbranched alkanes of at least 4 members (excludes halogenated alkanes) is 3. The van der Waals surface area contributed by atoms with Gasteiger partial charge < -0.3 is 14.6 Å². The summed E-state index contributed by atoms with van der Waals surface area (Å²) in [4.78, 5) is 36.2. The van der Waals surface area contributed by atoms with Gasteiger partial charge in [-0.3, -0.25) is 5.32 Å². The number of aromatic carboxylic acids is 1. The smallest absolute Gasteiger partial charge is 0.412 e. The quantitative estimate of drug-likeness (QED) is 0.368. The van der Waals surface area contributed by atoms with Crippen LogP contribution in [0.25, 0.3) is 0 Å². The Hall–Kier alpha value is -2.09. The summed E-state index contributed by atoms with van der Waals surface area (Å²) >= 11 is 0.892. The summed E-state index contributed by atoms with van der Waals surface area (Å²) in [5, 5.41) is 12.0. The molecule has 1 aromatic heterocycles. The molecule has 0 aliphatic carbocycles. The first-order valence-electron chi connectivity index (χ1n) is 9.68. The van der Waals surface area contributed by atoms with Crippen LogP contribution in [0.1, 0.15) is 85.4 Å². The molecule has 158 valence electrons. The molecule has 1 amide bonds. The van der Waals surface area contributed by atoms with E-state index in [0.29, 0.717) is 0 Å². The fraction of sp³-hybridized carbons (Fsp3) is 0.650. The van der Waals surface area contributed by atoms with Crippen molar-refractivity contribution < 1.29 is 29.0 Å². The minimum absolute atomic E-state index is 0.0707. The molecule has 1 rings (SSSR count). The van der Waals surface area contributed by atoms with Crippen LogP contribution >= 0.6 is 11.3 Å². The van der Waals surface area contributed by atoms with Crippen molar-refractivity contribution in [2.24, 2.45) is 5.92 Å². The van der Waals surface area contributed by atoms with Gasteiger partial charge in [0.05, 0.1) is 18.3 Å². The number of rotatable bonds is 11. The number of thiophene rings is 1. The van der Waals surface area contributed by atoms with Gasteiger partial charge in [-0.1, -0.05) is 40.0 Å². The van der Waals surface area contributed by atoms with Gasteiger partial charge in [0.25, 0.3) is 0 Å². The van der Waals surface area contributed by atoms with Gasteiger partial charge in [0.15, 0.2) is 0 Å². The number of hydrogen-bond donors (Lipinski definition) is 2. The van der Waals surface area contributed by atoms with E-state index in [1.165, 1.54) is 6.92 Å². The maximum atomic E-state index is 12.5. The lowest BCUT2D eigenvalue weighted by atomic mass is 10.1. The zero-order chi connectivity index (χ0) is 21.3. The maximum Gasteiger partial charge on any atom is 0.412 e. The van der Waals surface area contributed by atoms with Gasteiger partial charge in [0.2, 0.25) is 0 Å². The normalized spacial score (nSPS) is 11.9. The summed E-state index contributed by atoms with van der Waals surface area (Å²) in [5.41, 5.74) is 0.161. The highest BCUT2D eigenvalue weighted by atomic mass is 32.1. The van der Waals surface area contributed by atoms with E-state index in [2.05, 4.69) is 12.2 Å². The fourth-order valence-electron chi connectivity index (χ4n) is 2.58. The van der Waals surface area contributed by atoms with Gasteiger partial charge in [0, 0.05) is 0 Å². The highest BCUT2D eigenvalue weighted by Gasteiger charge is 2.27. The molecule has 0 spiro atoms. The Morgan fingerprint density at radius 2 is 1.82 bits per heavy atom. The second-order valence-electron chi connectivity index (χ2n) is 7.25. The predicted octanol–water partition coefficient (Wildman–Crippen LogP) is 5.47. The highest BCUT2D eigenvalue weighted by Crippen LogP contribution is 2.34. The average Bonchev–Trinajstić information content (AvgIpc) is 2.93. The van der Waals surface area contributed by atoms with Crippen molar-refractivity contribution in [3.05, 3.63) is 16.0 Å². The summed E-state index contributed by atoms with van der Waals surface area (Å²) in [6, 6.07) is 0. The van der Waals surface area contributed by atoms with E-state index < -0.39 is 18.0 Å². The second-order valence-corrected chi connectivity index (χ2v) is 8.27. The summed E-state index contributed by atoms with van der Waals surface area (Å²) in [6.07, 6.45) is 4.10. The number of carboxylic acids is 1. The maximum absolute atomic E-state index is 12.5. The Morgan fingerprint density at radius 1 is 1.14 bits per heavy atom.